The molecule has 0 radical (unpaired) electrons. The highest BCUT2D eigenvalue weighted by Gasteiger charge is 2.20. The molecule has 7 nitrogen and oxygen atoms in total. The number of H-pyrrole nitrogens is 1. The molecule has 1 amide bonds. The molecule has 3 rings (SSSR count). The Balaban J connectivity index is 1.60. The van der Waals surface area contributed by atoms with Crippen molar-refractivity contribution in [1.82, 2.24) is 14.8 Å². The first-order valence-electron chi connectivity index (χ1n) is 9.18. The quantitative estimate of drug-likeness (QED) is 0.835. The smallest absolute Gasteiger partial charge is 0.251 e. The maximum absolute atomic E-state index is 12.5. The van der Waals surface area contributed by atoms with E-state index in [2.05, 4.69) is 16.0 Å². The molecule has 1 N–H and O–H groups in total. The van der Waals surface area contributed by atoms with Crippen molar-refractivity contribution in [3.8, 4) is 11.8 Å². The molecule has 0 spiro atoms. The number of carbonyl (C=O) groups is 1. The Labute approximate surface area is 158 Å². The number of hydrogen-bond acceptors (Lipinski definition) is 5. The summed E-state index contributed by atoms with van der Waals surface area (Å²) in [5.41, 5.74) is 1.21. The first kappa shape index (κ1) is 18.9. The van der Waals surface area contributed by atoms with Gasteiger partial charge in [-0.05, 0) is 30.7 Å². The van der Waals surface area contributed by atoms with Crippen molar-refractivity contribution in [2.45, 2.75) is 19.3 Å². The van der Waals surface area contributed by atoms with Gasteiger partial charge in [0.15, 0.2) is 0 Å². The summed E-state index contributed by atoms with van der Waals surface area (Å²) >= 11 is 0. The van der Waals surface area contributed by atoms with Gasteiger partial charge in [-0.15, -0.1) is 0 Å². The van der Waals surface area contributed by atoms with Crippen LogP contribution in [0.5, 0.6) is 5.75 Å². The van der Waals surface area contributed by atoms with E-state index in [1.165, 1.54) is 0 Å². The van der Waals surface area contributed by atoms with Crippen molar-refractivity contribution in [1.29, 1.82) is 5.26 Å². The van der Waals surface area contributed by atoms with Gasteiger partial charge < -0.3 is 14.6 Å². The molecule has 2 heterocycles. The zero-order chi connectivity index (χ0) is 19.2. The molecule has 0 saturated carbocycles. The topological polar surface area (TPSA) is 89.4 Å². The van der Waals surface area contributed by atoms with Gasteiger partial charge in [-0.1, -0.05) is 0 Å². The molecule has 142 valence electrons. The number of amides is 1. The molecule has 0 atom stereocenters. The van der Waals surface area contributed by atoms with E-state index in [1.807, 2.05) is 23.1 Å². The molecule has 27 heavy (non-hydrogen) atoms. The summed E-state index contributed by atoms with van der Waals surface area (Å²) in [5, 5.41) is 9.55. The van der Waals surface area contributed by atoms with E-state index in [0.29, 0.717) is 37.9 Å². The van der Waals surface area contributed by atoms with Gasteiger partial charge in [-0.2, -0.15) is 5.26 Å². The van der Waals surface area contributed by atoms with E-state index in [9.17, 15) is 9.59 Å². The molecule has 1 aliphatic heterocycles. The molecule has 1 aliphatic rings. The molecule has 2 aromatic rings. The number of piperazine rings is 1. The molecule has 0 bridgehead atoms. The van der Waals surface area contributed by atoms with E-state index in [0.717, 1.165) is 36.3 Å². The number of carbonyl (C=O) groups excluding carboxylic acids is 1. The van der Waals surface area contributed by atoms with Gasteiger partial charge in [-0.25, -0.2) is 0 Å². The highest BCUT2D eigenvalue weighted by molar-refractivity contribution is 5.81. The zero-order valence-corrected chi connectivity index (χ0v) is 15.5. The van der Waals surface area contributed by atoms with Gasteiger partial charge in [0.05, 0.1) is 13.2 Å². The molecule has 7 heteroatoms. The Kier molecular flexibility index (Phi) is 6.09. The Bertz CT molecular complexity index is 908. The maximum atomic E-state index is 12.5. The first-order valence-corrected chi connectivity index (χ1v) is 9.18. The summed E-state index contributed by atoms with van der Waals surface area (Å²) in [4.78, 5) is 31.7. The van der Waals surface area contributed by atoms with E-state index in [-0.39, 0.29) is 11.5 Å². The molecule has 1 aromatic carbocycles. The standard InChI is InChI=1S/C20H24N4O3/c1-27-17-4-5-18-16(14-17)13-15(20(26)22-18)3-6-19(25)24-11-9-23(10-12-24)8-2-7-21/h4-5,13-14H,2-3,6,8-12H2,1H3,(H,22,26). The van der Waals surface area contributed by atoms with Crippen LogP contribution in [-0.2, 0) is 11.2 Å². The number of ether oxygens (including phenoxy) is 1. The van der Waals surface area contributed by atoms with Crippen LogP contribution < -0.4 is 10.3 Å². The summed E-state index contributed by atoms with van der Waals surface area (Å²) < 4.78 is 5.23. The third kappa shape index (κ3) is 4.66. The maximum Gasteiger partial charge on any atom is 0.251 e. The first-order chi connectivity index (χ1) is 13.1. The average molecular weight is 368 g/mol. The number of aromatic nitrogens is 1. The highest BCUT2D eigenvalue weighted by atomic mass is 16.5. The number of hydrogen-bond donors (Lipinski definition) is 1. The van der Waals surface area contributed by atoms with Crippen molar-refractivity contribution in [3.63, 3.8) is 0 Å². The predicted molar refractivity (Wildman–Crippen MR) is 103 cm³/mol. The normalized spacial score (nSPS) is 14.9. The van der Waals surface area contributed by atoms with Gasteiger partial charge in [0.1, 0.15) is 5.75 Å². The van der Waals surface area contributed by atoms with Crippen molar-refractivity contribution in [3.05, 3.63) is 40.2 Å². The van der Waals surface area contributed by atoms with E-state index in [4.69, 9.17) is 10.00 Å². The Morgan fingerprint density at radius 3 is 2.74 bits per heavy atom. The molecular weight excluding hydrogens is 344 g/mol. The number of aryl methyl sites for hydroxylation is 1. The van der Waals surface area contributed by atoms with Crippen LogP contribution in [0.3, 0.4) is 0 Å². The van der Waals surface area contributed by atoms with E-state index < -0.39 is 0 Å². The number of methoxy groups -OCH3 is 1. The summed E-state index contributed by atoms with van der Waals surface area (Å²) in [7, 11) is 1.60. The molecule has 0 aliphatic carbocycles. The van der Waals surface area contributed by atoms with Crippen LogP contribution in [0.1, 0.15) is 18.4 Å². The van der Waals surface area contributed by atoms with Crippen LogP contribution in [0.2, 0.25) is 0 Å². The van der Waals surface area contributed by atoms with Crippen LogP contribution >= 0.6 is 0 Å². The second-order valence-corrected chi connectivity index (χ2v) is 6.71. The molecular formula is C20H24N4O3. The Hall–Kier alpha value is -2.85. The second kappa shape index (κ2) is 8.69. The van der Waals surface area contributed by atoms with Crippen LogP contribution in [0.15, 0.2) is 29.1 Å². The number of aromatic amines is 1. The lowest BCUT2D eigenvalue weighted by molar-refractivity contribution is -0.132. The summed E-state index contributed by atoms with van der Waals surface area (Å²) in [6.45, 7) is 3.70. The predicted octanol–water partition coefficient (Wildman–Crippen LogP) is 1.53. The van der Waals surface area contributed by atoms with Crippen molar-refractivity contribution in [2.75, 3.05) is 39.8 Å². The van der Waals surface area contributed by atoms with Gasteiger partial charge in [0.2, 0.25) is 5.91 Å². The number of nitrogens with zero attached hydrogens (tertiary/aromatic N) is 3. The Morgan fingerprint density at radius 2 is 2.04 bits per heavy atom. The molecule has 1 saturated heterocycles. The van der Waals surface area contributed by atoms with Gasteiger partial charge in [0, 0.05) is 62.0 Å². The number of fused-ring (bicyclic) bond motifs is 1. The third-order valence-electron chi connectivity index (χ3n) is 5.00. The number of pyridine rings is 1. The van der Waals surface area contributed by atoms with Crippen LogP contribution in [-0.4, -0.2) is 60.5 Å². The minimum absolute atomic E-state index is 0.0695. The monoisotopic (exact) mass is 368 g/mol. The largest absolute Gasteiger partial charge is 0.497 e. The fourth-order valence-electron chi connectivity index (χ4n) is 3.37. The zero-order valence-electron chi connectivity index (χ0n) is 15.5. The SMILES string of the molecule is COc1ccc2[nH]c(=O)c(CCC(=O)N3CCN(CCC#N)CC3)cc2c1. The minimum atomic E-state index is -0.151. The lowest BCUT2D eigenvalue weighted by Crippen LogP contribution is -2.48. The number of nitrogens with one attached hydrogen (secondary N) is 1. The Morgan fingerprint density at radius 1 is 1.26 bits per heavy atom. The van der Waals surface area contributed by atoms with E-state index in [1.54, 1.807) is 13.2 Å². The van der Waals surface area contributed by atoms with Gasteiger partial charge >= 0.3 is 0 Å². The second-order valence-electron chi connectivity index (χ2n) is 6.71. The van der Waals surface area contributed by atoms with E-state index >= 15 is 0 Å². The van der Waals surface area contributed by atoms with Crippen molar-refractivity contribution in [2.24, 2.45) is 0 Å². The highest BCUT2D eigenvalue weighted by Crippen LogP contribution is 2.19. The lowest BCUT2D eigenvalue weighted by Gasteiger charge is -2.34. The fraction of sp³-hybridized carbons (Fsp3) is 0.450. The van der Waals surface area contributed by atoms with Crippen LogP contribution in [0.4, 0.5) is 0 Å². The number of benzene rings is 1. The minimum Gasteiger partial charge on any atom is -0.497 e. The van der Waals surface area contributed by atoms with Gasteiger partial charge in [-0.3, -0.25) is 14.5 Å². The number of rotatable bonds is 6. The van der Waals surface area contributed by atoms with Crippen molar-refractivity contribution < 1.29 is 9.53 Å². The summed E-state index contributed by atoms with van der Waals surface area (Å²) in [5.74, 6) is 0.797. The third-order valence-corrected chi connectivity index (χ3v) is 5.00. The molecule has 1 fully saturated rings. The van der Waals surface area contributed by atoms with Gasteiger partial charge in [0.25, 0.3) is 5.56 Å². The summed E-state index contributed by atoms with van der Waals surface area (Å²) in [6, 6.07) is 9.48. The average Bonchev–Trinajstić information content (AvgIpc) is 2.70. The van der Waals surface area contributed by atoms with Crippen LogP contribution in [0, 0.1) is 11.3 Å². The van der Waals surface area contributed by atoms with Crippen LogP contribution in [0.25, 0.3) is 10.9 Å². The summed E-state index contributed by atoms with van der Waals surface area (Å²) in [6.07, 6.45) is 1.25. The molecule has 0 unspecified atom stereocenters. The number of nitriles is 1. The fourth-order valence-corrected chi connectivity index (χ4v) is 3.37. The van der Waals surface area contributed by atoms with Crippen molar-refractivity contribution >= 4 is 16.8 Å². The molecule has 1 aromatic heterocycles. The lowest BCUT2D eigenvalue weighted by atomic mass is 10.1.